The van der Waals surface area contributed by atoms with E-state index in [2.05, 4.69) is 4.98 Å². The molecule has 0 aliphatic rings. The molecule has 0 bridgehead atoms. The molecule has 8 heteroatoms. The summed E-state index contributed by atoms with van der Waals surface area (Å²) in [7, 11) is 0. The van der Waals surface area contributed by atoms with Crippen LogP contribution in [0.3, 0.4) is 0 Å². The predicted molar refractivity (Wildman–Crippen MR) is 62.8 cm³/mol. The van der Waals surface area contributed by atoms with Gasteiger partial charge in [0.1, 0.15) is 6.07 Å². The highest BCUT2D eigenvalue weighted by Crippen LogP contribution is 2.27. The minimum atomic E-state index is -4.18. The van der Waals surface area contributed by atoms with Gasteiger partial charge in [-0.25, -0.2) is 8.78 Å². The van der Waals surface area contributed by atoms with Crippen molar-refractivity contribution in [2.24, 2.45) is 0 Å². The zero-order valence-corrected chi connectivity index (χ0v) is 10.1. The van der Waals surface area contributed by atoms with Crippen molar-refractivity contribution in [2.45, 2.75) is 18.9 Å². The first-order valence-electron chi connectivity index (χ1n) is 5.14. The number of aromatic amines is 1. The highest BCUT2D eigenvalue weighted by atomic mass is 32.1. The first-order chi connectivity index (χ1) is 8.86. The Bertz CT molecular complexity index is 711. The molecule has 19 heavy (non-hydrogen) atoms. The molecule has 0 unspecified atom stereocenters. The van der Waals surface area contributed by atoms with Gasteiger partial charge in [0.25, 0.3) is 0 Å². The lowest BCUT2D eigenvalue weighted by Gasteiger charge is -2.16. The molecule has 1 N–H and O–H groups in total. The van der Waals surface area contributed by atoms with Gasteiger partial charge in [-0.15, -0.1) is 0 Å². The molecule has 1 heterocycles. The first-order valence-corrected chi connectivity index (χ1v) is 5.55. The highest BCUT2D eigenvalue weighted by molar-refractivity contribution is 7.71. The second-order valence-electron chi connectivity index (χ2n) is 3.89. The number of alkyl halides is 4. The zero-order chi connectivity index (χ0) is 14.2. The lowest BCUT2D eigenvalue weighted by atomic mass is 10.2. The molecule has 1 aromatic carbocycles. The van der Waals surface area contributed by atoms with Gasteiger partial charge in [0.15, 0.2) is 4.77 Å². The number of benzene rings is 1. The van der Waals surface area contributed by atoms with Crippen LogP contribution in [0.5, 0.6) is 0 Å². The molecule has 0 aliphatic carbocycles. The molecule has 0 fully saturated rings. The summed E-state index contributed by atoms with van der Waals surface area (Å²) >= 11 is 4.83. The second kappa shape index (κ2) is 4.66. The molecule has 0 radical (unpaired) electrons. The topological polar surface area (TPSA) is 44.5 Å². The van der Waals surface area contributed by atoms with E-state index in [4.69, 9.17) is 17.5 Å². The summed E-state index contributed by atoms with van der Waals surface area (Å²) in [6.45, 7) is -1.24. The summed E-state index contributed by atoms with van der Waals surface area (Å²) in [4.78, 5) is 2.59. The molecular weight excluding hydrogens is 282 g/mol. The number of para-hydroxylation sites is 1. The standard InChI is InChI=1S/C11H7F4N3S/c12-9(13)11(14,15)5-18-7-3-1-2-6(4-16)8(7)17-10(18)19/h1-3,9H,5H2,(H,17,19). The number of hydrogen-bond donors (Lipinski definition) is 1. The van der Waals surface area contributed by atoms with Gasteiger partial charge in [-0.05, 0) is 24.4 Å². The fourth-order valence-electron chi connectivity index (χ4n) is 1.71. The lowest BCUT2D eigenvalue weighted by Crippen LogP contribution is -2.32. The number of nitrogens with zero attached hydrogens (tertiary/aromatic N) is 2. The molecule has 0 atom stereocenters. The van der Waals surface area contributed by atoms with Gasteiger partial charge >= 0.3 is 12.3 Å². The van der Waals surface area contributed by atoms with Crippen molar-refractivity contribution in [3.63, 3.8) is 0 Å². The van der Waals surface area contributed by atoms with Gasteiger partial charge in [-0.1, -0.05) is 6.07 Å². The number of rotatable bonds is 3. The van der Waals surface area contributed by atoms with Crippen molar-refractivity contribution in [1.82, 2.24) is 9.55 Å². The van der Waals surface area contributed by atoms with E-state index in [9.17, 15) is 17.6 Å². The highest BCUT2D eigenvalue weighted by Gasteiger charge is 2.41. The van der Waals surface area contributed by atoms with Crippen LogP contribution in [0.15, 0.2) is 18.2 Å². The molecular formula is C11H7F4N3S. The molecule has 0 aliphatic heterocycles. The Morgan fingerprint density at radius 3 is 2.68 bits per heavy atom. The third-order valence-electron chi connectivity index (χ3n) is 2.62. The van der Waals surface area contributed by atoms with Gasteiger partial charge in [-0.2, -0.15) is 14.0 Å². The number of nitrogens with one attached hydrogen (secondary N) is 1. The average Bonchev–Trinajstić information content (AvgIpc) is 2.65. The Balaban J connectivity index is 2.60. The van der Waals surface area contributed by atoms with E-state index in [0.29, 0.717) is 0 Å². The third kappa shape index (κ3) is 2.33. The maximum absolute atomic E-state index is 13.1. The van der Waals surface area contributed by atoms with Crippen molar-refractivity contribution >= 4 is 23.3 Å². The molecule has 0 spiro atoms. The minimum absolute atomic E-state index is 0.127. The summed E-state index contributed by atoms with van der Waals surface area (Å²) in [5.74, 6) is -4.18. The third-order valence-corrected chi connectivity index (χ3v) is 2.94. The minimum Gasteiger partial charge on any atom is -0.329 e. The van der Waals surface area contributed by atoms with Crippen LogP contribution in [0.4, 0.5) is 17.6 Å². The monoisotopic (exact) mass is 289 g/mol. The van der Waals surface area contributed by atoms with Crippen LogP contribution in [0, 0.1) is 16.1 Å². The summed E-state index contributed by atoms with van der Waals surface area (Å²) < 4.78 is 51.4. The van der Waals surface area contributed by atoms with Crippen LogP contribution in [-0.2, 0) is 6.54 Å². The summed E-state index contributed by atoms with van der Waals surface area (Å²) in [5, 5.41) is 8.88. The summed E-state index contributed by atoms with van der Waals surface area (Å²) in [5.41, 5.74) is 0.673. The van der Waals surface area contributed by atoms with E-state index >= 15 is 0 Å². The Morgan fingerprint density at radius 1 is 1.42 bits per heavy atom. The zero-order valence-electron chi connectivity index (χ0n) is 9.33. The first kappa shape index (κ1) is 13.5. The van der Waals surface area contributed by atoms with Crippen LogP contribution in [0.1, 0.15) is 5.56 Å². The lowest BCUT2D eigenvalue weighted by molar-refractivity contribution is -0.137. The Kier molecular flexibility index (Phi) is 3.32. The van der Waals surface area contributed by atoms with Crippen molar-refractivity contribution < 1.29 is 17.6 Å². The fourth-order valence-corrected chi connectivity index (χ4v) is 1.98. The molecule has 1 aromatic heterocycles. The molecule has 2 aromatic rings. The van der Waals surface area contributed by atoms with Crippen molar-refractivity contribution in [3.05, 3.63) is 28.5 Å². The van der Waals surface area contributed by atoms with Gasteiger partial charge < -0.3 is 9.55 Å². The van der Waals surface area contributed by atoms with Crippen LogP contribution in [0.25, 0.3) is 11.0 Å². The van der Waals surface area contributed by atoms with E-state index < -0.39 is 18.9 Å². The fraction of sp³-hybridized carbons (Fsp3) is 0.273. The molecule has 3 nitrogen and oxygen atoms in total. The maximum Gasteiger partial charge on any atom is 0.324 e. The molecule has 0 saturated heterocycles. The predicted octanol–water partition coefficient (Wildman–Crippen LogP) is 3.47. The van der Waals surface area contributed by atoms with E-state index in [-0.39, 0.29) is 21.4 Å². The van der Waals surface area contributed by atoms with Gasteiger partial charge in [-0.3, -0.25) is 0 Å². The van der Waals surface area contributed by atoms with Crippen LogP contribution in [0.2, 0.25) is 0 Å². The van der Waals surface area contributed by atoms with Crippen molar-refractivity contribution in [3.8, 4) is 6.07 Å². The average molecular weight is 289 g/mol. The van der Waals surface area contributed by atoms with Crippen LogP contribution < -0.4 is 0 Å². The van der Waals surface area contributed by atoms with Crippen LogP contribution >= 0.6 is 12.2 Å². The number of imidazole rings is 1. The Hall–Kier alpha value is -1.88. The van der Waals surface area contributed by atoms with Crippen LogP contribution in [-0.4, -0.2) is 21.9 Å². The van der Waals surface area contributed by atoms with E-state index in [0.717, 1.165) is 4.57 Å². The van der Waals surface area contributed by atoms with Gasteiger partial charge in [0.05, 0.1) is 23.1 Å². The normalized spacial score (nSPS) is 12.0. The quantitative estimate of drug-likeness (QED) is 0.694. The molecule has 0 amide bonds. The number of nitriles is 1. The van der Waals surface area contributed by atoms with Crippen molar-refractivity contribution in [2.75, 3.05) is 0 Å². The molecule has 2 rings (SSSR count). The number of H-pyrrole nitrogens is 1. The van der Waals surface area contributed by atoms with Gasteiger partial charge in [0.2, 0.25) is 0 Å². The van der Waals surface area contributed by atoms with Gasteiger partial charge in [0, 0.05) is 0 Å². The molecule has 100 valence electrons. The summed E-state index contributed by atoms with van der Waals surface area (Å²) in [6, 6.07) is 6.25. The smallest absolute Gasteiger partial charge is 0.324 e. The SMILES string of the molecule is N#Cc1cccc2c1[nH]c(=S)n2CC(F)(F)C(F)F. The Morgan fingerprint density at radius 2 is 2.11 bits per heavy atom. The number of halogens is 4. The molecule has 0 saturated carbocycles. The summed E-state index contributed by atoms with van der Waals surface area (Å²) in [6.07, 6.45) is -3.78. The van der Waals surface area contributed by atoms with E-state index in [1.807, 2.05) is 6.07 Å². The number of aromatic nitrogens is 2. The largest absolute Gasteiger partial charge is 0.329 e. The van der Waals surface area contributed by atoms with Crippen molar-refractivity contribution in [1.29, 1.82) is 5.26 Å². The number of fused-ring (bicyclic) bond motifs is 1. The van der Waals surface area contributed by atoms with E-state index in [1.54, 1.807) is 0 Å². The Labute approximate surface area is 110 Å². The van der Waals surface area contributed by atoms with E-state index in [1.165, 1.54) is 18.2 Å². The maximum atomic E-state index is 13.1. The second-order valence-corrected chi connectivity index (χ2v) is 4.28. The number of hydrogen-bond acceptors (Lipinski definition) is 2.